The van der Waals surface area contributed by atoms with Gasteiger partial charge in [0.15, 0.2) is 0 Å². The van der Waals surface area contributed by atoms with Gasteiger partial charge in [-0.3, -0.25) is 4.79 Å². The van der Waals surface area contributed by atoms with Gasteiger partial charge in [-0.15, -0.1) is 12.6 Å². The number of hydrogen-bond acceptors (Lipinski definition) is 1. The van der Waals surface area contributed by atoms with Crippen LogP contribution in [0.5, 0.6) is 0 Å². The van der Waals surface area contributed by atoms with Gasteiger partial charge < -0.3 is 0 Å². The molecular weight excluding hydrogens is 272 g/mol. The Bertz CT molecular complexity index is 394. The molecule has 0 bridgehead atoms. The number of alkyl halides is 3. The van der Waals surface area contributed by atoms with E-state index in [1.54, 1.807) is 0 Å². The van der Waals surface area contributed by atoms with Gasteiger partial charge in [0.05, 0.1) is 15.6 Å². The molecule has 15 heavy (non-hydrogen) atoms. The molecule has 82 valence electrons. The van der Waals surface area contributed by atoms with Crippen molar-refractivity contribution in [3.05, 3.63) is 33.3 Å². The van der Waals surface area contributed by atoms with Gasteiger partial charge in [0.25, 0.3) is 0 Å². The van der Waals surface area contributed by atoms with Crippen molar-refractivity contribution in [1.82, 2.24) is 0 Å². The number of benzene rings is 1. The van der Waals surface area contributed by atoms with E-state index in [-0.39, 0.29) is 5.56 Å². The largest absolute Gasteiger partial charge is 0.419 e. The molecule has 0 unspecified atom stereocenters. The van der Waals surface area contributed by atoms with Crippen molar-refractivity contribution in [2.24, 2.45) is 0 Å². The van der Waals surface area contributed by atoms with Crippen LogP contribution in [0, 0.1) is 0 Å². The Hall–Kier alpha value is -0.390. The second kappa shape index (κ2) is 4.23. The molecule has 7 heteroatoms. The van der Waals surface area contributed by atoms with Crippen LogP contribution in [0.25, 0.3) is 0 Å². The average Bonchev–Trinajstić information content (AvgIpc) is 1.99. The second-order valence-corrected chi connectivity index (χ2v) is 3.84. The summed E-state index contributed by atoms with van der Waals surface area (Å²) in [5, 5.41) is -1.94. The van der Waals surface area contributed by atoms with Gasteiger partial charge in [-0.1, -0.05) is 23.2 Å². The van der Waals surface area contributed by atoms with E-state index in [1.165, 1.54) is 0 Å². The van der Waals surface area contributed by atoms with Gasteiger partial charge >= 0.3 is 6.18 Å². The lowest BCUT2D eigenvalue weighted by Gasteiger charge is -2.11. The first-order chi connectivity index (χ1) is 6.73. The summed E-state index contributed by atoms with van der Waals surface area (Å²) in [4.78, 5) is 10.8. The molecule has 0 fully saturated rings. The molecule has 0 aliphatic heterocycles. The molecule has 0 spiro atoms. The van der Waals surface area contributed by atoms with Gasteiger partial charge in [0.1, 0.15) is 0 Å². The molecule has 1 aromatic rings. The highest BCUT2D eigenvalue weighted by Crippen LogP contribution is 2.40. The van der Waals surface area contributed by atoms with Crippen LogP contribution < -0.4 is 0 Å². The fraction of sp³-hybridized carbons (Fsp3) is 0.125. The van der Waals surface area contributed by atoms with Crippen molar-refractivity contribution in [1.29, 1.82) is 0 Å². The maximum absolute atomic E-state index is 12.4. The van der Waals surface area contributed by atoms with Crippen molar-refractivity contribution >= 4 is 40.9 Å². The Kier molecular flexibility index (Phi) is 3.58. The Morgan fingerprint density at radius 3 is 1.87 bits per heavy atom. The van der Waals surface area contributed by atoms with Gasteiger partial charge in [-0.2, -0.15) is 13.2 Å². The summed E-state index contributed by atoms with van der Waals surface area (Å²) < 4.78 is 37.1. The van der Waals surface area contributed by atoms with Crippen LogP contribution in [0.3, 0.4) is 0 Å². The summed E-state index contributed by atoms with van der Waals surface area (Å²) in [5.41, 5.74) is -1.23. The Morgan fingerprint density at radius 2 is 1.60 bits per heavy atom. The zero-order chi connectivity index (χ0) is 11.8. The van der Waals surface area contributed by atoms with Gasteiger partial charge in [0, 0.05) is 5.56 Å². The molecule has 0 atom stereocenters. The maximum atomic E-state index is 12.4. The van der Waals surface area contributed by atoms with Crippen LogP contribution in [-0.2, 0) is 6.18 Å². The highest BCUT2D eigenvalue weighted by molar-refractivity contribution is 7.97. The summed E-state index contributed by atoms with van der Waals surface area (Å²) >= 11 is 14.2. The molecule has 1 nitrogen and oxygen atoms in total. The third-order valence-electron chi connectivity index (χ3n) is 1.57. The maximum Gasteiger partial charge on any atom is 0.419 e. The molecule has 0 saturated carbocycles. The fourth-order valence-corrected chi connectivity index (χ4v) is 1.80. The lowest BCUT2D eigenvalue weighted by atomic mass is 10.1. The topological polar surface area (TPSA) is 17.1 Å². The summed E-state index contributed by atoms with van der Waals surface area (Å²) in [6, 6.07) is 1.76. The summed E-state index contributed by atoms with van der Waals surface area (Å²) in [6.45, 7) is 0. The smallest absolute Gasteiger partial charge is 0.282 e. The summed E-state index contributed by atoms with van der Waals surface area (Å²) in [6.07, 6.45) is -4.65. The first-order valence-corrected chi connectivity index (χ1v) is 4.73. The average molecular weight is 275 g/mol. The number of thiol groups is 1. The van der Waals surface area contributed by atoms with Crippen molar-refractivity contribution in [3.8, 4) is 0 Å². The normalized spacial score (nSPS) is 11.6. The zero-order valence-electron chi connectivity index (χ0n) is 6.90. The molecule has 1 rings (SSSR count). The van der Waals surface area contributed by atoms with Gasteiger partial charge in [-0.25, -0.2) is 0 Å². The molecule has 0 aliphatic carbocycles. The van der Waals surface area contributed by atoms with Gasteiger partial charge in [0.2, 0.25) is 5.12 Å². The first-order valence-electron chi connectivity index (χ1n) is 3.53. The lowest BCUT2D eigenvalue weighted by Crippen LogP contribution is -2.08. The van der Waals surface area contributed by atoms with E-state index < -0.39 is 26.9 Å². The first kappa shape index (κ1) is 12.7. The van der Waals surface area contributed by atoms with E-state index >= 15 is 0 Å². The van der Waals surface area contributed by atoms with Crippen LogP contribution >= 0.6 is 35.8 Å². The van der Waals surface area contributed by atoms with Crippen molar-refractivity contribution < 1.29 is 18.0 Å². The third-order valence-corrected chi connectivity index (χ3v) is 2.43. The molecular formula is C8H3Cl2F3OS. The molecule has 0 aromatic heterocycles. The minimum atomic E-state index is -4.65. The molecule has 0 N–H and O–H groups in total. The molecule has 0 aliphatic rings. The van der Waals surface area contributed by atoms with E-state index in [0.29, 0.717) is 0 Å². The molecule has 0 saturated heterocycles. The van der Waals surface area contributed by atoms with Crippen molar-refractivity contribution in [2.45, 2.75) is 6.18 Å². The highest BCUT2D eigenvalue weighted by Gasteiger charge is 2.36. The van der Waals surface area contributed by atoms with E-state index in [4.69, 9.17) is 23.2 Å². The minimum absolute atomic E-state index is 0.0821. The fourth-order valence-electron chi connectivity index (χ4n) is 0.967. The monoisotopic (exact) mass is 274 g/mol. The third kappa shape index (κ3) is 2.80. The van der Waals surface area contributed by atoms with Crippen LogP contribution in [0.1, 0.15) is 15.9 Å². The quantitative estimate of drug-likeness (QED) is 0.764. The molecule has 0 amide bonds. The number of carbonyl (C=O) groups excluding carboxylic acids is 1. The Morgan fingerprint density at radius 1 is 1.20 bits per heavy atom. The van der Waals surface area contributed by atoms with E-state index in [1.807, 2.05) is 0 Å². The van der Waals surface area contributed by atoms with E-state index in [0.717, 1.165) is 12.1 Å². The standard InChI is InChI=1S/C8H3Cl2F3OS/c9-4-1-3(7(14)15)2-5(10)6(4)8(11,12)13/h1-2H,(H,14,15). The number of carbonyl (C=O) groups is 1. The molecule has 1 aromatic carbocycles. The predicted octanol–water partition coefficient (Wildman–Crippen LogP) is 4.08. The van der Waals surface area contributed by atoms with Crippen LogP contribution in [0.2, 0.25) is 10.0 Å². The SMILES string of the molecule is O=C(S)c1cc(Cl)c(C(F)(F)F)c(Cl)c1. The number of rotatable bonds is 1. The number of hydrogen-bond donors (Lipinski definition) is 1. The van der Waals surface area contributed by atoms with Crippen LogP contribution in [0.4, 0.5) is 13.2 Å². The van der Waals surface area contributed by atoms with Crippen LogP contribution in [-0.4, -0.2) is 5.12 Å². The van der Waals surface area contributed by atoms with E-state index in [2.05, 4.69) is 12.6 Å². The summed E-state index contributed by atoms with van der Waals surface area (Å²) in [7, 11) is 0. The Balaban J connectivity index is 3.41. The lowest BCUT2D eigenvalue weighted by molar-refractivity contribution is -0.137. The predicted molar refractivity (Wildman–Crippen MR) is 54.8 cm³/mol. The second-order valence-electron chi connectivity index (χ2n) is 2.62. The molecule has 0 heterocycles. The van der Waals surface area contributed by atoms with Crippen molar-refractivity contribution in [2.75, 3.05) is 0 Å². The molecule has 0 radical (unpaired) electrons. The highest BCUT2D eigenvalue weighted by atomic mass is 35.5. The summed E-state index contributed by atoms with van der Waals surface area (Å²) in [5.74, 6) is 0. The van der Waals surface area contributed by atoms with Crippen LogP contribution in [0.15, 0.2) is 12.1 Å². The van der Waals surface area contributed by atoms with Gasteiger partial charge in [-0.05, 0) is 12.1 Å². The van der Waals surface area contributed by atoms with E-state index in [9.17, 15) is 18.0 Å². The minimum Gasteiger partial charge on any atom is -0.282 e. The number of halogens is 5. The Labute approximate surface area is 98.6 Å². The zero-order valence-corrected chi connectivity index (χ0v) is 9.31. The van der Waals surface area contributed by atoms with Crippen molar-refractivity contribution in [3.63, 3.8) is 0 Å².